The second-order valence-corrected chi connectivity index (χ2v) is 5.00. The highest BCUT2D eigenvalue weighted by atomic mass is 16.3. The van der Waals surface area contributed by atoms with E-state index >= 15 is 0 Å². The molecule has 0 spiro atoms. The molecule has 1 N–H and O–H groups in total. The molecule has 1 saturated carbocycles. The van der Waals surface area contributed by atoms with E-state index in [1.165, 1.54) is 0 Å². The molecule has 1 amide bonds. The first kappa shape index (κ1) is 12.2. The number of aliphatic hydroxyl groups excluding tert-OH is 1. The monoisotopic (exact) mass is 238 g/mol. The summed E-state index contributed by atoms with van der Waals surface area (Å²) in [6.45, 7) is 1.07. The first-order chi connectivity index (χ1) is 8.20. The Kier molecular flexibility index (Phi) is 3.86. The Hall–Kier alpha value is -1.26. The fraction of sp³-hybridized carbons (Fsp3) is 0.909. The minimum Gasteiger partial charge on any atom is -0.393 e. The Morgan fingerprint density at radius 1 is 1.53 bits per heavy atom. The van der Waals surface area contributed by atoms with Crippen LogP contribution >= 0.6 is 0 Å². The zero-order valence-corrected chi connectivity index (χ0v) is 9.83. The summed E-state index contributed by atoms with van der Waals surface area (Å²) >= 11 is 0. The minimum atomic E-state index is -0.266. The lowest BCUT2D eigenvalue weighted by molar-refractivity contribution is -0.130. The number of carbonyl (C=O) groups is 1. The van der Waals surface area contributed by atoms with E-state index < -0.39 is 0 Å². The third-order valence-corrected chi connectivity index (χ3v) is 3.70. The first-order valence-electron chi connectivity index (χ1n) is 6.19. The van der Waals surface area contributed by atoms with Crippen LogP contribution in [-0.4, -0.2) is 41.1 Å². The highest BCUT2D eigenvalue weighted by Crippen LogP contribution is 2.28. The topological polar surface area (TPSA) is 89.3 Å². The zero-order valence-electron chi connectivity index (χ0n) is 9.83. The van der Waals surface area contributed by atoms with Gasteiger partial charge in [-0.15, -0.1) is 0 Å². The maximum Gasteiger partial charge on any atom is 0.223 e. The molecule has 6 nitrogen and oxygen atoms in total. The smallest absolute Gasteiger partial charge is 0.223 e. The third kappa shape index (κ3) is 2.90. The van der Waals surface area contributed by atoms with Crippen molar-refractivity contribution in [3.63, 3.8) is 0 Å². The van der Waals surface area contributed by atoms with Crippen LogP contribution in [0.4, 0.5) is 0 Å². The van der Waals surface area contributed by atoms with E-state index in [4.69, 9.17) is 5.53 Å². The molecule has 2 fully saturated rings. The van der Waals surface area contributed by atoms with Gasteiger partial charge in [0.15, 0.2) is 0 Å². The summed E-state index contributed by atoms with van der Waals surface area (Å²) in [5.41, 5.74) is 8.27. The van der Waals surface area contributed by atoms with Crippen molar-refractivity contribution in [2.24, 2.45) is 11.0 Å². The lowest BCUT2D eigenvalue weighted by atomic mass is 9.92. The standard InChI is InChI=1S/C11H18N4O2/c12-14-13-6-8-4-11(17)15(7-8)9-2-1-3-10(16)5-9/h8-10,16H,1-7H2. The van der Waals surface area contributed by atoms with Gasteiger partial charge in [-0.25, -0.2) is 0 Å². The maximum absolute atomic E-state index is 11.9. The molecule has 1 heterocycles. The van der Waals surface area contributed by atoms with Gasteiger partial charge in [0.2, 0.25) is 5.91 Å². The summed E-state index contributed by atoms with van der Waals surface area (Å²) in [6, 6.07) is 0.183. The van der Waals surface area contributed by atoms with E-state index in [-0.39, 0.29) is 24.0 Å². The van der Waals surface area contributed by atoms with Gasteiger partial charge < -0.3 is 10.0 Å². The molecule has 0 aromatic heterocycles. The number of carbonyl (C=O) groups excluding carboxylic acids is 1. The molecule has 2 aliphatic rings. The molecule has 1 aliphatic carbocycles. The number of rotatable bonds is 3. The molecule has 2 rings (SSSR count). The van der Waals surface area contributed by atoms with Crippen molar-refractivity contribution in [3.05, 3.63) is 10.4 Å². The molecule has 0 aromatic rings. The maximum atomic E-state index is 11.9. The van der Waals surface area contributed by atoms with Gasteiger partial charge >= 0.3 is 0 Å². The molecule has 0 bridgehead atoms. The van der Waals surface area contributed by atoms with Crippen molar-refractivity contribution in [2.75, 3.05) is 13.1 Å². The number of likely N-dealkylation sites (tertiary alicyclic amines) is 1. The van der Waals surface area contributed by atoms with Gasteiger partial charge in [0.05, 0.1) is 6.10 Å². The van der Waals surface area contributed by atoms with Crippen LogP contribution < -0.4 is 0 Å². The molecule has 1 saturated heterocycles. The van der Waals surface area contributed by atoms with Crippen LogP contribution in [0.2, 0.25) is 0 Å². The number of amides is 1. The molecule has 1 aliphatic heterocycles. The highest BCUT2D eigenvalue weighted by Gasteiger charge is 2.35. The third-order valence-electron chi connectivity index (χ3n) is 3.70. The van der Waals surface area contributed by atoms with Crippen molar-refractivity contribution in [3.8, 4) is 0 Å². The average molecular weight is 238 g/mol. The molecule has 3 atom stereocenters. The lowest BCUT2D eigenvalue weighted by Gasteiger charge is -2.33. The van der Waals surface area contributed by atoms with Gasteiger partial charge in [-0.1, -0.05) is 5.11 Å². The molecule has 17 heavy (non-hydrogen) atoms. The fourth-order valence-electron chi connectivity index (χ4n) is 2.86. The fourth-order valence-corrected chi connectivity index (χ4v) is 2.86. The zero-order chi connectivity index (χ0) is 12.3. The SMILES string of the molecule is [N-]=[N+]=NCC1CC(=O)N(C2CCCC(O)C2)C1. The van der Waals surface area contributed by atoms with Crippen LogP contribution in [0.1, 0.15) is 32.1 Å². The number of hydrogen-bond donors (Lipinski definition) is 1. The summed E-state index contributed by atoms with van der Waals surface area (Å²) in [6.07, 6.45) is 3.72. The molecular formula is C11H18N4O2. The average Bonchev–Trinajstić information content (AvgIpc) is 2.68. The van der Waals surface area contributed by atoms with E-state index in [9.17, 15) is 9.90 Å². The molecule has 3 unspecified atom stereocenters. The summed E-state index contributed by atoms with van der Waals surface area (Å²) in [5.74, 6) is 0.291. The summed E-state index contributed by atoms with van der Waals surface area (Å²) in [5, 5.41) is 13.2. The van der Waals surface area contributed by atoms with Gasteiger partial charge in [0, 0.05) is 30.5 Å². The van der Waals surface area contributed by atoms with Crippen molar-refractivity contribution in [1.82, 2.24) is 4.90 Å². The van der Waals surface area contributed by atoms with Crippen LogP contribution in [0.5, 0.6) is 0 Å². The summed E-state index contributed by atoms with van der Waals surface area (Å²) in [4.78, 5) is 16.5. The van der Waals surface area contributed by atoms with Crippen LogP contribution in [-0.2, 0) is 4.79 Å². The Bertz CT molecular complexity index is 340. The number of nitrogens with zero attached hydrogens (tertiary/aromatic N) is 4. The second kappa shape index (κ2) is 5.38. The van der Waals surface area contributed by atoms with Crippen molar-refractivity contribution >= 4 is 5.91 Å². The van der Waals surface area contributed by atoms with Gasteiger partial charge in [0.25, 0.3) is 0 Å². The van der Waals surface area contributed by atoms with Crippen LogP contribution in [0.15, 0.2) is 5.11 Å². The Labute approximate surface area is 100 Å². The van der Waals surface area contributed by atoms with Gasteiger partial charge in [-0.05, 0) is 37.1 Å². The van der Waals surface area contributed by atoms with Gasteiger partial charge in [-0.2, -0.15) is 0 Å². The summed E-state index contributed by atoms with van der Waals surface area (Å²) < 4.78 is 0. The molecule has 6 heteroatoms. The van der Waals surface area contributed by atoms with Gasteiger partial charge in [0.1, 0.15) is 0 Å². The molecular weight excluding hydrogens is 220 g/mol. The van der Waals surface area contributed by atoms with E-state index in [2.05, 4.69) is 10.0 Å². The van der Waals surface area contributed by atoms with Crippen LogP contribution in [0, 0.1) is 5.92 Å². The number of hydrogen-bond acceptors (Lipinski definition) is 3. The van der Waals surface area contributed by atoms with Crippen LogP contribution in [0.3, 0.4) is 0 Å². The molecule has 94 valence electrons. The highest BCUT2D eigenvalue weighted by molar-refractivity contribution is 5.79. The van der Waals surface area contributed by atoms with Crippen LogP contribution in [0.25, 0.3) is 10.4 Å². The van der Waals surface area contributed by atoms with Crippen molar-refractivity contribution < 1.29 is 9.90 Å². The quantitative estimate of drug-likeness (QED) is 0.458. The van der Waals surface area contributed by atoms with E-state index in [0.29, 0.717) is 25.9 Å². The Balaban J connectivity index is 1.92. The van der Waals surface area contributed by atoms with Crippen molar-refractivity contribution in [1.29, 1.82) is 0 Å². The normalized spacial score (nSPS) is 33.6. The van der Waals surface area contributed by atoms with Gasteiger partial charge in [-0.3, -0.25) is 4.79 Å². The number of azide groups is 1. The minimum absolute atomic E-state index is 0.141. The predicted molar refractivity (Wildman–Crippen MR) is 62.1 cm³/mol. The second-order valence-electron chi connectivity index (χ2n) is 5.00. The lowest BCUT2D eigenvalue weighted by Crippen LogP contribution is -2.41. The number of aliphatic hydroxyl groups is 1. The Morgan fingerprint density at radius 3 is 3.06 bits per heavy atom. The predicted octanol–water partition coefficient (Wildman–Crippen LogP) is 1.45. The molecule has 0 aromatic carbocycles. The first-order valence-corrected chi connectivity index (χ1v) is 6.19. The van der Waals surface area contributed by atoms with E-state index in [0.717, 1.165) is 19.3 Å². The van der Waals surface area contributed by atoms with E-state index in [1.807, 2.05) is 4.90 Å². The largest absolute Gasteiger partial charge is 0.393 e. The van der Waals surface area contributed by atoms with Crippen molar-refractivity contribution in [2.45, 2.75) is 44.2 Å². The summed E-state index contributed by atoms with van der Waals surface area (Å²) in [7, 11) is 0. The Morgan fingerprint density at radius 2 is 2.35 bits per heavy atom. The van der Waals surface area contributed by atoms with E-state index in [1.54, 1.807) is 0 Å². The molecule has 0 radical (unpaired) electrons.